The molecule has 1 aromatic carbocycles. The summed E-state index contributed by atoms with van der Waals surface area (Å²) < 4.78 is 2.53. The molecule has 2 aromatic rings. The fraction of sp³-hybridized carbons (Fsp3) is 0.286. The molecule has 1 heterocycles. The highest BCUT2D eigenvalue weighted by molar-refractivity contribution is 9.10. The average Bonchev–Trinajstić information content (AvgIpc) is 2.64. The van der Waals surface area contributed by atoms with Gasteiger partial charge in [0.1, 0.15) is 0 Å². The molecule has 20 heavy (non-hydrogen) atoms. The molecular weight excluding hydrogens is 342 g/mol. The van der Waals surface area contributed by atoms with Gasteiger partial charge in [0.2, 0.25) is 0 Å². The van der Waals surface area contributed by atoms with Crippen LogP contribution in [0.4, 0.5) is 0 Å². The van der Waals surface area contributed by atoms with Crippen molar-refractivity contribution in [1.82, 2.24) is 15.1 Å². The molecule has 0 saturated heterocycles. The lowest BCUT2D eigenvalue weighted by Crippen LogP contribution is -2.23. The molecule has 1 aromatic heterocycles. The quantitative estimate of drug-likeness (QED) is 0.916. The van der Waals surface area contributed by atoms with Gasteiger partial charge in [-0.2, -0.15) is 5.10 Å². The average molecular weight is 357 g/mol. The number of aryl methyl sites for hydroxylation is 2. The van der Waals surface area contributed by atoms with Crippen molar-refractivity contribution < 1.29 is 4.79 Å². The van der Waals surface area contributed by atoms with Crippen molar-refractivity contribution in [1.29, 1.82) is 0 Å². The van der Waals surface area contributed by atoms with Gasteiger partial charge in [-0.05, 0) is 48.0 Å². The highest BCUT2D eigenvalue weighted by Crippen LogP contribution is 2.21. The van der Waals surface area contributed by atoms with Crippen molar-refractivity contribution in [2.75, 3.05) is 0 Å². The lowest BCUT2D eigenvalue weighted by atomic mass is 10.1. The van der Waals surface area contributed by atoms with Gasteiger partial charge < -0.3 is 5.32 Å². The maximum atomic E-state index is 12.2. The predicted molar refractivity (Wildman–Crippen MR) is 83.0 cm³/mol. The maximum absolute atomic E-state index is 12.2. The number of carbonyl (C=O) groups is 1. The summed E-state index contributed by atoms with van der Waals surface area (Å²) in [5.74, 6) is -0.165. The van der Waals surface area contributed by atoms with Crippen LogP contribution in [0.25, 0.3) is 0 Å². The Morgan fingerprint density at radius 2 is 2.15 bits per heavy atom. The lowest BCUT2D eigenvalue weighted by molar-refractivity contribution is 0.0950. The van der Waals surface area contributed by atoms with E-state index in [0.717, 1.165) is 21.4 Å². The van der Waals surface area contributed by atoms with Crippen molar-refractivity contribution in [2.24, 2.45) is 7.05 Å². The monoisotopic (exact) mass is 355 g/mol. The van der Waals surface area contributed by atoms with Gasteiger partial charge in [-0.15, -0.1) is 0 Å². The Balaban J connectivity index is 2.15. The van der Waals surface area contributed by atoms with Crippen molar-refractivity contribution >= 4 is 33.4 Å². The molecule has 0 aliphatic rings. The zero-order chi connectivity index (χ0) is 14.9. The Morgan fingerprint density at radius 3 is 2.75 bits per heavy atom. The first-order valence-electron chi connectivity index (χ1n) is 6.12. The molecule has 6 heteroatoms. The van der Waals surface area contributed by atoms with E-state index >= 15 is 0 Å². The number of nitrogens with one attached hydrogen (secondary N) is 1. The minimum absolute atomic E-state index is 0.165. The fourth-order valence-electron chi connectivity index (χ4n) is 2.01. The molecule has 2 rings (SSSR count). The van der Waals surface area contributed by atoms with Crippen molar-refractivity contribution in [3.63, 3.8) is 0 Å². The Morgan fingerprint density at radius 1 is 1.45 bits per heavy atom. The molecule has 0 spiro atoms. The number of amides is 1. The van der Waals surface area contributed by atoms with Crippen LogP contribution in [0, 0.1) is 13.8 Å². The van der Waals surface area contributed by atoms with Crippen LogP contribution in [0.2, 0.25) is 5.02 Å². The van der Waals surface area contributed by atoms with Crippen molar-refractivity contribution in [3.8, 4) is 0 Å². The van der Waals surface area contributed by atoms with E-state index in [2.05, 4.69) is 26.3 Å². The van der Waals surface area contributed by atoms with Crippen LogP contribution in [0.3, 0.4) is 0 Å². The maximum Gasteiger partial charge on any atom is 0.252 e. The van der Waals surface area contributed by atoms with E-state index in [-0.39, 0.29) is 5.91 Å². The first kappa shape index (κ1) is 15.1. The van der Waals surface area contributed by atoms with Gasteiger partial charge in [0.05, 0.1) is 11.3 Å². The van der Waals surface area contributed by atoms with Crippen molar-refractivity contribution in [3.05, 3.63) is 50.2 Å². The zero-order valence-corrected chi connectivity index (χ0v) is 13.8. The second kappa shape index (κ2) is 5.97. The third kappa shape index (κ3) is 3.04. The normalized spacial score (nSPS) is 10.7. The van der Waals surface area contributed by atoms with Gasteiger partial charge in [0.25, 0.3) is 5.91 Å². The predicted octanol–water partition coefficient (Wildman–Crippen LogP) is 3.38. The first-order chi connectivity index (χ1) is 9.40. The van der Waals surface area contributed by atoms with E-state index in [1.165, 1.54) is 0 Å². The summed E-state index contributed by atoms with van der Waals surface area (Å²) >= 11 is 9.27. The second-order valence-corrected chi connectivity index (χ2v) is 5.87. The van der Waals surface area contributed by atoms with E-state index in [1.54, 1.807) is 18.2 Å². The van der Waals surface area contributed by atoms with Crippen LogP contribution in [0.1, 0.15) is 27.3 Å². The zero-order valence-electron chi connectivity index (χ0n) is 11.5. The molecule has 0 saturated carbocycles. The number of hydrogen-bond donors (Lipinski definition) is 1. The van der Waals surface area contributed by atoms with Gasteiger partial charge in [-0.25, -0.2) is 0 Å². The highest BCUT2D eigenvalue weighted by Gasteiger charge is 2.13. The van der Waals surface area contributed by atoms with Crippen LogP contribution in [-0.2, 0) is 13.6 Å². The Kier molecular flexibility index (Phi) is 4.50. The van der Waals surface area contributed by atoms with Gasteiger partial charge in [0.15, 0.2) is 0 Å². The summed E-state index contributed by atoms with van der Waals surface area (Å²) in [5, 5.41) is 7.76. The van der Waals surface area contributed by atoms with Crippen LogP contribution in [0.5, 0.6) is 0 Å². The topological polar surface area (TPSA) is 46.9 Å². The molecule has 1 amide bonds. The highest BCUT2D eigenvalue weighted by atomic mass is 79.9. The Bertz CT molecular complexity index is 667. The molecule has 106 valence electrons. The second-order valence-electron chi connectivity index (χ2n) is 4.58. The van der Waals surface area contributed by atoms with E-state index in [1.807, 2.05) is 25.6 Å². The molecular formula is C14H15BrClN3O. The van der Waals surface area contributed by atoms with Gasteiger partial charge in [-0.1, -0.05) is 11.6 Å². The molecule has 0 radical (unpaired) electrons. The van der Waals surface area contributed by atoms with Crippen LogP contribution in [-0.4, -0.2) is 15.7 Å². The number of aromatic nitrogens is 2. The summed E-state index contributed by atoms with van der Waals surface area (Å²) in [6.45, 7) is 4.36. The minimum atomic E-state index is -0.165. The molecule has 0 fully saturated rings. The van der Waals surface area contributed by atoms with E-state index in [4.69, 9.17) is 11.6 Å². The standard InChI is InChI=1S/C14H15BrClN3O/c1-8-12(9(2)19(3)18-8)7-17-14(20)11-6-10(16)4-5-13(11)15/h4-6H,7H2,1-3H3,(H,17,20). The molecule has 0 atom stereocenters. The van der Waals surface area contributed by atoms with Gasteiger partial charge in [0, 0.05) is 34.3 Å². The largest absolute Gasteiger partial charge is 0.348 e. The number of hydrogen-bond acceptors (Lipinski definition) is 2. The summed E-state index contributed by atoms with van der Waals surface area (Å²) in [7, 11) is 1.89. The summed E-state index contributed by atoms with van der Waals surface area (Å²) in [4.78, 5) is 12.2. The van der Waals surface area contributed by atoms with Gasteiger partial charge >= 0.3 is 0 Å². The summed E-state index contributed by atoms with van der Waals surface area (Å²) in [6.07, 6.45) is 0. The molecule has 0 unspecified atom stereocenters. The minimum Gasteiger partial charge on any atom is -0.348 e. The lowest BCUT2D eigenvalue weighted by Gasteiger charge is -2.08. The number of carbonyl (C=O) groups excluding carboxylic acids is 1. The molecule has 0 aliphatic heterocycles. The van der Waals surface area contributed by atoms with E-state index in [0.29, 0.717) is 17.1 Å². The van der Waals surface area contributed by atoms with Crippen molar-refractivity contribution in [2.45, 2.75) is 20.4 Å². The first-order valence-corrected chi connectivity index (χ1v) is 7.29. The SMILES string of the molecule is Cc1nn(C)c(C)c1CNC(=O)c1cc(Cl)ccc1Br. The molecule has 1 N–H and O–H groups in total. The molecule has 0 aliphatic carbocycles. The number of benzene rings is 1. The summed E-state index contributed by atoms with van der Waals surface area (Å²) in [6, 6.07) is 5.14. The number of halogens is 2. The third-order valence-corrected chi connectivity index (χ3v) is 4.18. The van der Waals surface area contributed by atoms with Crippen LogP contribution in [0.15, 0.2) is 22.7 Å². The molecule has 0 bridgehead atoms. The third-order valence-electron chi connectivity index (χ3n) is 3.26. The smallest absolute Gasteiger partial charge is 0.252 e. The number of rotatable bonds is 3. The van der Waals surface area contributed by atoms with Crippen LogP contribution < -0.4 is 5.32 Å². The van der Waals surface area contributed by atoms with Crippen LogP contribution >= 0.6 is 27.5 Å². The van der Waals surface area contributed by atoms with E-state index in [9.17, 15) is 4.79 Å². The Labute approximate surface area is 131 Å². The fourth-order valence-corrected chi connectivity index (χ4v) is 2.61. The van der Waals surface area contributed by atoms with E-state index < -0.39 is 0 Å². The van der Waals surface area contributed by atoms with Gasteiger partial charge in [-0.3, -0.25) is 9.48 Å². The molecule has 4 nitrogen and oxygen atoms in total. The summed E-state index contributed by atoms with van der Waals surface area (Å²) in [5.41, 5.74) is 3.54. The Hall–Kier alpha value is -1.33. The number of nitrogens with zero attached hydrogens (tertiary/aromatic N) is 2.